The van der Waals surface area contributed by atoms with E-state index in [2.05, 4.69) is 9.88 Å². The van der Waals surface area contributed by atoms with Gasteiger partial charge in [-0.15, -0.1) is 0 Å². The second kappa shape index (κ2) is 4.49. The van der Waals surface area contributed by atoms with Crippen LogP contribution in [0.15, 0.2) is 18.3 Å². The lowest BCUT2D eigenvalue weighted by Gasteiger charge is -2.23. The molecule has 1 heterocycles. The summed E-state index contributed by atoms with van der Waals surface area (Å²) in [6.07, 6.45) is 3.98. The summed E-state index contributed by atoms with van der Waals surface area (Å²) in [4.78, 5) is 6.17. The number of nitrogens with one attached hydrogen (secondary N) is 1. The molecule has 0 aromatic carbocycles. The van der Waals surface area contributed by atoms with Crippen LogP contribution < -0.4 is 10.6 Å². The fraction of sp³-hybridized carbons (Fsp3) is 0.455. The molecule has 0 radical (unpaired) electrons. The molecule has 1 fully saturated rings. The zero-order valence-electron chi connectivity index (χ0n) is 9.06. The van der Waals surface area contributed by atoms with Gasteiger partial charge in [0.05, 0.1) is 6.61 Å². The first-order chi connectivity index (χ1) is 7.72. The number of aromatic nitrogens is 1. The highest BCUT2D eigenvalue weighted by Gasteiger charge is 2.28. The predicted molar refractivity (Wildman–Crippen MR) is 62.7 cm³/mol. The maximum absolute atomic E-state index is 9.03. The van der Waals surface area contributed by atoms with E-state index in [1.807, 2.05) is 6.07 Å². The van der Waals surface area contributed by atoms with E-state index < -0.39 is 0 Å². The largest absolute Gasteiger partial charge is 0.395 e. The number of amidine groups is 1. The third kappa shape index (κ3) is 2.30. The summed E-state index contributed by atoms with van der Waals surface area (Å²) >= 11 is 0. The molecule has 0 atom stereocenters. The van der Waals surface area contributed by atoms with Crippen molar-refractivity contribution < 1.29 is 5.11 Å². The van der Waals surface area contributed by atoms with E-state index in [0.717, 1.165) is 18.5 Å². The van der Waals surface area contributed by atoms with E-state index in [-0.39, 0.29) is 12.4 Å². The molecular formula is C11H16N4O. The molecule has 0 amide bonds. The van der Waals surface area contributed by atoms with Crippen LogP contribution in [0.3, 0.4) is 0 Å². The van der Waals surface area contributed by atoms with Crippen LogP contribution >= 0.6 is 0 Å². The van der Waals surface area contributed by atoms with Crippen molar-refractivity contribution in [1.82, 2.24) is 4.98 Å². The molecule has 4 N–H and O–H groups in total. The highest BCUT2D eigenvalue weighted by Crippen LogP contribution is 2.31. The first kappa shape index (κ1) is 10.9. The number of nitrogen functional groups attached to an aromatic ring is 1. The van der Waals surface area contributed by atoms with Crippen LogP contribution in [0.4, 0.5) is 5.69 Å². The van der Waals surface area contributed by atoms with Gasteiger partial charge in [0.15, 0.2) is 0 Å². The Kier molecular flexibility index (Phi) is 3.05. The molecule has 0 unspecified atom stereocenters. The summed E-state index contributed by atoms with van der Waals surface area (Å²) in [5, 5.41) is 16.4. The molecule has 0 bridgehead atoms. The van der Waals surface area contributed by atoms with Crippen molar-refractivity contribution in [3.63, 3.8) is 0 Å². The molecule has 0 aliphatic heterocycles. The Morgan fingerprint density at radius 2 is 2.38 bits per heavy atom. The molecule has 86 valence electrons. The van der Waals surface area contributed by atoms with Crippen molar-refractivity contribution in [2.24, 2.45) is 5.73 Å². The van der Waals surface area contributed by atoms with Crippen molar-refractivity contribution in [2.45, 2.75) is 18.9 Å². The maximum Gasteiger partial charge on any atom is 0.141 e. The van der Waals surface area contributed by atoms with Crippen LogP contribution in [0, 0.1) is 5.41 Å². The number of rotatable bonds is 5. The van der Waals surface area contributed by atoms with Gasteiger partial charge in [0.2, 0.25) is 0 Å². The predicted octanol–water partition coefficient (Wildman–Crippen LogP) is 0.327. The summed E-state index contributed by atoms with van der Waals surface area (Å²) < 4.78 is 0. The second-order valence-corrected chi connectivity index (χ2v) is 3.96. The number of hydrogen-bond acceptors (Lipinski definition) is 4. The standard InChI is InChI=1S/C11H16N4O/c12-11(13)10-7-9(3-4-14-10)15(5-6-16)8-1-2-8/h3-4,7-8,16H,1-2,5-6H2,(H3,12,13). The average Bonchev–Trinajstić information content (AvgIpc) is 3.10. The van der Waals surface area contributed by atoms with Crippen LogP contribution in [0.25, 0.3) is 0 Å². The zero-order valence-corrected chi connectivity index (χ0v) is 9.06. The number of anilines is 1. The van der Waals surface area contributed by atoms with Gasteiger partial charge in [-0.2, -0.15) is 0 Å². The number of pyridine rings is 1. The number of nitrogens with zero attached hydrogens (tertiary/aromatic N) is 2. The number of hydrogen-bond donors (Lipinski definition) is 3. The van der Waals surface area contributed by atoms with Gasteiger partial charge in [-0.1, -0.05) is 0 Å². The lowest BCUT2D eigenvalue weighted by atomic mass is 10.2. The van der Waals surface area contributed by atoms with E-state index in [1.165, 1.54) is 0 Å². The fourth-order valence-corrected chi connectivity index (χ4v) is 1.76. The maximum atomic E-state index is 9.03. The van der Waals surface area contributed by atoms with E-state index in [0.29, 0.717) is 18.3 Å². The van der Waals surface area contributed by atoms with Gasteiger partial charge in [0.25, 0.3) is 0 Å². The first-order valence-electron chi connectivity index (χ1n) is 5.40. The van der Waals surface area contributed by atoms with Gasteiger partial charge in [-0.25, -0.2) is 0 Å². The van der Waals surface area contributed by atoms with Crippen molar-refractivity contribution in [2.75, 3.05) is 18.1 Å². The van der Waals surface area contributed by atoms with Gasteiger partial charge in [0.1, 0.15) is 11.5 Å². The summed E-state index contributed by atoms with van der Waals surface area (Å²) in [6.45, 7) is 0.750. The minimum absolute atomic E-state index is 0.0263. The Labute approximate surface area is 94.4 Å². The average molecular weight is 220 g/mol. The van der Waals surface area contributed by atoms with Crippen molar-refractivity contribution in [1.29, 1.82) is 5.41 Å². The Bertz CT molecular complexity index is 389. The summed E-state index contributed by atoms with van der Waals surface area (Å²) in [7, 11) is 0. The van der Waals surface area contributed by atoms with Gasteiger partial charge in [-0.3, -0.25) is 10.4 Å². The molecular weight excluding hydrogens is 204 g/mol. The van der Waals surface area contributed by atoms with Gasteiger partial charge >= 0.3 is 0 Å². The molecule has 5 heteroatoms. The highest BCUT2D eigenvalue weighted by molar-refractivity contribution is 5.93. The fourth-order valence-electron chi connectivity index (χ4n) is 1.76. The number of nitrogens with two attached hydrogens (primary N) is 1. The number of aliphatic hydroxyl groups is 1. The van der Waals surface area contributed by atoms with E-state index in [9.17, 15) is 0 Å². The minimum Gasteiger partial charge on any atom is -0.395 e. The molecule has 1 aliphatic rings. The Hall–Kier alpha value is -1.62. The Morgan fingerprint density at radius 3 is 2.94 bits per heavy atom. The van der Waals surface area contributed by atoms with E-state index >= 15 is 0 Å². The molecule has 1 saturated carbocycles. The molecule has 2 rings (SSSR count). The van der Waals surface area contributed by atoms with E-state index in [1.54, 1.807) is 12.3 Å². The first-order valence-corrected chi connectivity index (χ1v) is 5.40. The molecule has 1 aliphatic carbocycles. The molecule has 1 aromatic heterocycles. The SMILES string of the molecule is N=C(N)c1cc(N(CCO)C2CC2)ccn1. The van der Waals surface area contributed by atoms with Crippen molar-refractivity contribution in [3.8, 4) is 0 Å². The third-order valence-electron chi connectivity index (χ3n) is 2.68. The topological polar surface area (TPSA) is 86.2 Å². The second-order valence-electron chi connectivity index (χ2n) is 3.96. The summed E-state index contributed by atoms with van der Waals surface area (Å²) in [5.74, 6) is -0.0263. The Balaban J connectivity index is 2.22. The minimum atomic E-state index is -0.0263. The molecule has 5 nitrogen and oxygen atoms in total. The molecule has 16 heavy (non-hydrogen) atoms. The van der Waals surface area contributed by atoms with Crippen LogP contribution in [-0.4, -0.2) is 35.1 Å². The smallest absolute Gasteiger partial charge is 0.141 e. The van der Waals surface area contributed by atoms with Gasteiger partial charge in [0, 0.05) is 24.5 Å². The van der Waals surface area contributed by atoms with Crippen LogP contribution in [0.1, 0.15) is 18.5 Å². The van der Waals surface area contributed by atoms with Gasteiger partial charge < -0.3 is 15.7 Å². The zero-order chi connectivity index (χ0) is 11.5. The summed E-state index contributed by atoms with van der Waals surface area (Å²) in [6, 6.07) is 4.21. The lowest BCUT2D eigenvalue weighted by molar-refractivity contribution is 0.301. The van der Waals surface area contributed by atoms with Crippen molar-refractivity contribution >= 4 is 11.5 Å². The van der Waals surface area contributed by atoms with Crippen LogP contribution in [-0.2, 0) is 0 Å². The van der Waals surface area contributed by atoms with Crippen LogP contribution in [0.5, 0.6) is 0 Å². The van der Waals surface area contributed by atoms with E-state index in [4.69, 9.17) is 16.2 Å². The number of aliphatic hydroxyl groups excluding tert-OH is 1. The molecule has 0 saturated heterocycles. The van der Waals surface area contributed by atoms with Crippen LogP contribution in [0.2, 0.25) is 0 Å². The van der Waals surface area contributed by atoms with Gasteiger partial charge in [-0.05, 0) is 25.0 Å². The highest BCUT2D eigenvalue weighted by atomic mass is 16.3. The Morgan fingerprint density at radius 1 is 1.62 bits per heavy atom. The third-order valence-corrected chi connectivity index (χ3v) is 2.68. The quantitative estimate of drug-likeness (QED) is 0.493. The normalized spacial score (nSPS) is 14.8. The lowest BCUT2D eigenvalue weighted by Crippen LogP contribution is -2.29. The summed E-state index contributed by atoms with van der Waals surface area (Å²) in [5.41, 5.74) is 6.87. The molecule has 0 spiro atoms. The monoisotopic (exact) mass is 220 g/mol. The van der Waals surface area contributed by atoms with Crippen molar-refractivity contribution in [3.05, 3.63) is 24.0 Å². The molecule has 1 aromatic rings.